The number of allylic oxidation sites excluding steroid dienone is 1. The predicted octanol–water partition coefficient (Wildman–Crippen LogP) is 5.25. The molecule has 0 atom stereocenters. The highest BCUT2D eigenvalue weighted by Gasteiger charge is 2.36. The lowest BCUT2D eigenvalue weighted by Crippen LogP contribution is -2.08. The van der Waals surface area contributed by atoms with E-state index in [1.165, 1.54) is 31.3 Å². The summed E-state index contributed by atoms with van der Waals surface area (Å²) < 4.78 is 0. The molecule has 0 aliphatic heterocycles. The van der Waals surface area contributed by atoms with Gasteiger partial charge in [-0.05, 0) is 37.3 Å². The molecule has 0 unspecified atom stereocenters. The van der Waals surface area contributed by atoms with Gasteiger partial charge in [-0.3, -0.25) is 30.0 Å². The molecule has 0 heterocycles. The number of carbonyl (C=O) groups excluding carboxylic acids is 1. The molecular weight excluding hydrogens is 440 g/mol. The standard InChI is InChI=1S/C24H16N4O6/c1-14(29)21-23(18-6-4-8-20(28(33)34)22(18)24(21)30)26-17-11-9-16(10-12-17)25-13-15-5-2-3-7-19(15)27(31)32/h2-13,30H,1H3. The molecule has 0 radical (unpaired) electrons. The predicted molar refractivity (Wildman–Crippen MR) is 126 cm³/mol. The van der Waals surface area contributed by atoms with Crippen molar-refractivity contribution in [3.8, 4) is 0 Å². The van der Waals surface area contributed by atoms with Crippen LogP contribution in [0.1, 0.15) is 23.6 Å². The van der Waals surface area contributed by atoms with Gasteiger partial charge < -0.3 is 5.11 Å². The molecule has 4 rings (SSSR count). The number of benzene rings is 3. The van der Waals surface area contributed by atoms with E-state index in [-0.39, 0.29) is 33.8 Å². The van der Waals surface area contributed by atoms with E-state index in [1.807, 2.05) is 0 Å². The molecule has 168 valence electrons. The summed E-state index contributed by atoms with van der Waals surface area (Å²) in [5.74, 6) is -0.952. The van der Waals surface area contributed by atoms with Gasteiger partial charge in [-0.15, -0.1) is 0 Å². The summed E-state index contributed by atoms with van der Waals surface area (Å²) in [6, 6.07) is 17.0. The van der Waals surface area contributed by atoms with Crippen LogP contribution in [-0.4, -0.2) is 32.7 Å². The molecule has 3 aromatic rings. The molecule has 0 saturated carbocycles. The van der Waals surface area contributed by atoms with Crippen molar-refractivity contribution in [1.29, 1.82) is 0 Å². The first-order chi connectivity index (χ1) is 16.3. The van der Waals surface area contributed by atoms with Gasteiger partial charge >= 0.3 is 0 Å². The second kappa shape index (κ2) is 8.87. The normalized spacial score (nSPS) is 14.0. The Labute approximate surface area is 192 Å². The molecule has 34 heavy (non-hydrogen) atoms. The maximum Gasteiger partial charge on any atom is 0.281 e. The fraction of sp³-hybridized carbons (Fsp3) is 0.0417. The number of para-hydroxylation sites is 1. The molecule has 1 aliphatic rings. The number of aliphatic imine (C=N–C) groups is 2. The lowest BCUT2D eigenvalue weighted by atomic mass is 10.0. The minimum Gasteiger partial charge on any atom is -0.506 e. The number of nitro benzene ring substituents is 2. The van der Waals surface area contributed by atoms with Crippen LogP contribution >= 0.6 is 0 Å². The van der Waals surface area contributed by atoms with Gasteiger partial charge in [0.1, 0.15) is 11.3 Å². The van der Waals surface area contributed by atoms with Crippen molar-refractivity contribution in [2.45, 2.75) is 6.92 Å². The van der Waals surface area contributed by atoms with E-state index in [9.17, 15) is 30.1 Å². The number of hydrogen-bond acceptors (Lipinski definition) is 8. The molecule has 1 N–H and O–H groups in total. The van der Waals surface area contributed by atoms with Gasteiger partial charge in [0.15, 0.2) is 5.78 Å². The summed E-state index contributed by atoms with van der Waals surface area (Å²) in [5, 5.41) is 33.1. The minimum atomic E-state index is -0.625. The number of aliphatic hydroxyl groups is 1. The molecule has 0 aromatic heterocycles. The third kappa shape index (κ3) is 4.07. The Morgan fingerprint density at radius 1 is 0.882 bits per heavy atom. The number of nitro groups is 2. The van der Waals surface area contributed by atoms with E-state index >= 15 is 0 Å². The van der Waals surface area contributed by atoms with Gasteiger partial charge in [-0.1, -0.05) is 24.3 Å². The zero-order valence-electron chi connectivity index (χ0n) is 17.7. The zero-order valence-corrected chi connectivity index (χ0v) is 17.7. The smallest absolute Gasteiger partial charge is 0.281 e. The van der Waals surface area contributed by atoms with Gasteiger partial charge in [0.2, 0.25) is 0 Å². The number of nitrogens with zero attached hydrogens (tertiary/aromatic N) is 4. The van der Waals surface area contributed by atoms with E-state index < -0.39 is 21.4 Å². The largest absolute Gasteiger partial charge is 0.506 e. The van der Waals surface area contributed by atoms with Crippen LogP contribution in [0.25, 0.3) is 5.76 Å². The van der Waals surface area contributed by atoms with Crippen molar-refractivity contribution in [3.63, 3.8) is 0 Å². The van der Waals surface area contributed by atoms with Gasteiger partial charge in [0, 0.05) is 23.9 Å². The zero-order chi connectivity index (χ0) is 24.4. The Kier molecular flexibility index (Phi) is 5.79. The summed E-state index contributed by atoms with van der Waals surface area (Å²) in [6.45, 7) is 1.25. The summed E-state index contributed by atoms with van der Waals surface area (Å²) >= 11 is 0. The van der Waals surface area contributed by atoms with Crippen LogP contribution in [0.5, 0.6) is 0 Å². The maximum atomic E-state index is 12.2. The van der Waals surface area contributed by atoms with E-state index in [1.54, 1.807) is 48.5 Å². The van der Waals surface area contributed by atoms with E-state index in [0.29, 0.717) is 16.9 Å². The molecule has 10 nitrogen and oxygen atoms in total. The number of carbonyl (C=O) groups is 1. The van der Waals surface area contributed by atoms with Gasteiger partial charge in [0.25, 0.3) is 11.4 Å². The number of fused-ring (bicyclic) bond motifs is 1. The van der Waals surface area contributed by atoms with Crippen LogP contribution in [0.3, 0.4) is 0 Å². The van der Waals surface area contributed by atoms with Gasteiger partial charge in [0.05, 0.1) is 38.1 Å². The Bertz CT molecular complexity index is 1440. The van der Waals surface area contributed by atoms with Gasteiger partial charge in [-0.2, -0.15) is 0 Å². The first kappa shape index (κ1) is 22.2. The first-order valence-corrected chi connectivity index (χ1v) is 9.97. The SMILES string of the molecule is CC(=O)C1=C(O)c2c(cccc2[N+](=O)[O-])C1=Nc1ccc(N=Cc2ccccc2[N+](=O)[O-])cc1. The number of aliphatic hydroxyl groups excluding tert-OH is 1. The molecular formula is C24H16N4O6. The molecule has 0 spiro atoms. The van der Waals surface area contributed by atoms with Crippen LogP contribution < -0.4 is 0 Å². The molecule has 0 saturated heterocycles. The van der Waals surface area contributed by atoms with E-state index in [4.69, 9.17) is 0 Å². The molecule has 3 aromatic carbocycles. The van der Waals surface area contributed by atoms with Crippen molar-refractivity contribution in [1.82, 2.24) is 0 Å². The van der Waals surface area contributed by atoms with Crippen molar-refractivity contribution in [2.24, 2.45) is 9.98 Å². The van der Waals surface area contributed by atoms with Crippen LogP contribution in [0.4, 0.5) is 22.7 Å². The van der Waals surface area contributed by atoms with E-state index in [2.05, 4.69) is 9.98 Å². The number of rotatable bonds is 6. The lowest BCUT2D eigenvalue weighted by molar-refractivity contribution is -0.385. The van der Waals surface area contributed by atoms with Crippen LogP contribution in [0.2, 0.25) is 0 Å². The van der Waals surface area contributed by atoms with Crippen LogP contribution in [0, 0.1) is 20.2 Å². The molecule has 0 fully saturated rings. The van der Waals surface area contributed by atoms with E-state index in [0.717, 1.165) is 0 Å². The topological polar surface area (TPSA) is 148 Å². The van der Waals surface area contributed by atoms with Crippen LogP contribution in [0.15, 0.2) is 82.3 Å². The van der Waals surface area contributed by atoms with Gasteiger partial charge in [-0.25, -0.2) is 4.99 Å². The summed E-state index contributed by atoms with van der Waals surface area (Å²) in [4.78, 5) is 42.4. The number of hydrogen-bond donors (Lipinski definition) is 1. The van der Waals surface area contributed by atoms with Crippen LogP contribution in [-0.2, 0) is 4.79 Å². The minimum absolute atomic E-state index is 0.0397. The summed E-state index contributed by atoms with van der Waals surface area (Å²) in [5.41, 5.74) is 1.19. The third-order valence-electron chi connectivity index (χ3n) is 5.13. The Morgan fingerprint density at radius 3 is 2.15 bits per heavy atom. The first-order valence-electron chi connectivity index (χ1n) is 9.97. The second-order valence-corrected chi connectivity index (χ2v) is 7.29. The molecule has 1 aliphatic carbocycles. The fourth-order valence-corrected chi connectivity index (χ4v) is 3.61. The fourth-order valence-electron chi connectivity index (χ4n) is 3.61. The number of Topliss-reactive ketones (excluding diaryl/α,β-unsaturated/α-hetero) is 1. The highest BCUT2D eigenvalue weighted by Crippen LogP contribution is 2.39. The Balaban J connectivity index is 1.70. The highest BCUT2D eigenvalue weighted by atomic mass is 16.6. The summed E-state index contributed by atoms with van der Waals surface area (Å²) in [6.07, 6.45) is 1.39. The van der Waals surface area contributed by atoms with Crippen molar-refractivity contribution < 1.29 is 19.7 Å². The molecule has 10 heteroatoms. The average molecular weight is 456 g/mol. The molecule has 0 amide bonds. The Hall–Kier alpha value is -4.99. The monoisotopic (exact) mass is 456 g/mol. The van der Waals surface area contributed by atoms with Crippen molar-refractivity contribution in [3.05, 3.63) is 109 Å². The summed E-state index contributed by atoms with van der Waals surface area (Å²) in [7, 11) is 0. The Morgan fingerprint density at radius 2 is 1.50 bits per heavy atom. The quantitative estimate of drug-likeness (QED) is 0.304. The number of ketones is 1. The maximum absolute atomic E-state index is 12.2. The average Bonchev–Trinajstić information content (AvgIpc) is 3.10. The lowest BCUT2D eigenvalue weighted by Gasteiger charge is -2.04. The molecule has 0 bridgehead atoms. The highest BCUT2D eigenvalue weighted by molar-refractivity contribution is 6.36. The van der Waals surface area contributed by atoms with Crippen molar-refractivity contribution in [2.75, 3.05) is 0 Å². The second-order valence-electron chi connectivity index (χ2n) is 7.29. The van der Waals surface area contributed by atoms with Crippen molar-refractivity contribution >= 4 is 46.2 Å². The third-order valence-corrected chi connectivity index (χ3v) is 5.13.